The largest absolute Gasteiger partial charge is 0.433 e. The SMILES string of the molecule is FC(F)(F)c1cncn1-c1ccccc1. The fourth-order valence-corrected chi connectivity index (χ4v) is 1.30. The van der Waals surface area contributed by atoms with E-state index in [-0.39, 0.29) is 0 Å². The Morgan fingerprint density at radius 2 is 1.73 bits per heavy atom. The highest BCUT2D eigenvalue weighted by atomic mass is 19.4. The van der Waals surface area contributed by atoms with Gasteiger partial charge in [0.05, 0.1) is 12.5 Å². The molecule has 5 heteroatoms. The predicted octanol–water partition coefficient (Wildman–Crippen LogP) is 2.89. The standard InChI is InChI=1S/C10H7F3N2/c11-10(12,13)9-6-14-7-15(9)8-4-2-1-3-5-8/h1-7H. The molecule has 2 aromatic rings. The molecule has 0 spiro atoms. The molecule has 0 unspecified atom stereocenters. The van der Waals surface area contributed by atoms with Gasteiger partial charge in [0.15, 0.2) is 0 Å². The maximum atomic E-state index is 12.5. The van der Waals surface area contributed by atoms with E-state index in [9.17, 15) is 13.2 Å². The molecule has 0 aliphatic heterocycles. The van der Waals surface area contributed by atoms with E-state index < -0.39 is 11.9 Å². The average molecular weight is 212 g/mol. The molecular weight excluding hydrogens is 205 g/mol. The maximum absolute atomic E-state index is 12.5. The van der Waals surface area contributed by atoms with Crippen LogP contribution in [0.15, 0.2) is 42.9 Å². The Bertz CT molecular complexity index is 445. The van der Waals surface area contributed by atoms with Gasteiger partial charge in [-0.3, -0.25) is 4.57 Å². The quantitative estimate of drug-likeness (QED) is 0.710. The summed E-state index contributed by atoms with van der Waals surface area (Å²) in [6, 6.07) is 8.28. The van der Waals surface area contributed by atoms with Crippen LogP contribution >= 0.6 is 0 Å². The summed E-state index contributed by atoms with van der Waals surface area (Å²) in [7, 11) is 0. The molecule has 1 heterocycles. The molecule has 0 saturated carbocycles. The molecule has 0 aliphatic rings. The summed E-state index contributed by atoms with van der Waals surface area (Å²) in [5.74, 6) is 0. The first-order valence-corrected chi connectivity index (χ1v) is 4.24. The second-order valence-corrected chi connectivity index (χ2v) is 2.98. The Kier molecular flexibility index (Phi) is 2.22. The molecule has 0 bridgehead atoms. The van der Waals surface area contributed by atoms with Crippen molar-refractivity contribution in [3.63, 3.8) is 0 Å². The lowest BCUT2D eigenvalue weighted by Gasteiger charge is -2.10. The van der Waals surface area contributed by atoms with Crippen molar-refractivity contribution in [3.8, 4) is 5.69 Å². The molecule has 0 radical (unpaired) electrons. The van der Waals surface area contributed by atoms with Crippen LogP contribution in [0.1, 0.15) is 5.69 Å². The van der Waals surface area contributed by atoms with Crippen LogP contribution in [0.3, 0.4) is 0 Å². The van der Waals surface area contributed by atoms with Crippen LogP contribution in [-0.4, -0.2) is 9.55 Å². The number of aromatic nitrogens is 2. The molecule has 0 fully saturated rings. The number of halogens is 3. The molecule has 2 nitrogen and oxygen atoms in total. The number of hydrogen-bond acceptors (Lipinski definition) is 1. The summed E-state index contributed by atoms with van der Waals surface area (Å²) in [5.41, 5.74) is -0.323. The van der Waals surface area contributed by atoms with Crippen LogP contribution in [0.25, 0.3) is 5.69 Å². The van der Waals surface area contributed by atoms with Crippen molar-refractivity contribution >= 4 is 0 Å². The van der Waals surface area contributed by atoms with Gasteiger partial charge in [0.25, 0.3) is 0 Å². The smallest absolute Gasteiger partial charge is 0.295 e. The highest BCUT2D eigenvalue weighted by Gasteiger charge is 2.34. The molecule has 0 saturated heterocycles. The van der Waals surface area contributed by atoms with Gasteiger partial charge in [-0.2, -0.15) is 13.2 Å². The second kappa shape index (κ2) is 3.42. The number of hydrogen-bond donors (Lipinski definition) is 0. The van der Waals surface area contributed by atoms with Gasteiger partial charge < -0.3 is 0 Å². The molecule has 2 rings (SSSR count). The summed E-state index contributed by atoms with van der Waals surface area (Å²) in [6.07, 6.45) is -2.42. The number of alkyl halides is 3. The molecule has 78 valence electrons. The van der Waals surface area contributed by atoms with E-state index in [0.717, 1.165) is 17.1 Å². The van der Waals surface area contributed by atoms with E-state index in [4.69, 9.17) is 0 Å². The first-order chi connectivity index (χ1) is 7.09. The highest BCUT2D eigenvalue weighted by molar-refractivity contribution is 5.33. The monoisotopic (exact) mass is 212 g/mol. The van der Waals surface area contributed by atoms with Crippen LogP contribution < -0.4 is 0 Å². The summed E-state index contributed by atoms with van der Waals surface area (Å²) >= 11 is 0. The minimum absolute atomic E-state index is 0.447. The van der Waals surface area contributed by atoms with E-state index in [1.54, 1.807) is 30.3 Å². The first kappa shape index (κ1) is 9.76. The van der Waals surface area contributed by atoms with Crippen molar-refractivity contribution in [2.45, 2.75) is 6.18 Å². The molecule has 0 amide bonds. The molecule has 1 aromatic carbocycles. The van der Waals surface area contributed by atoms with Crippen LogP contribution in [0.4, 0.5) is 13.2 Å². The predicted molar refractivity (Wildman–Crippen MR) is 48.6 cm³/mol. The van der Waals surface area contributed by atoms with E-state index in [0.29, 0.717) is 5.69 Å². The highest BCUT2D eigenvalue weighted by Crippen LogP contribution is 2.30. The van der Waals surface area contributed by atoms with Gasteiger partial charge in [0.1, 0.15) is 5.69 Å². The van der Waals surface area contributed by atoms with Gasteiger partial charge in [0, 0.05) is 5.69 Å². The summed E-state index contributed by atoms with van der Waals surface area (Å²) in [6.45, 7) is 0. The van der Waals surface area contributed by atoms with E-state index >= 15 is 0 Å². The zero-order valence-electron chi connectivity index (χ0n) is 7.57. The molecular formula is C10H7F3N2. The van der Waals surface area contributed by atoms with E-state index in [1.165, 1.54) is 0 Å². The topological polar surface area (TPSA) is 17.8 Å². The van der Waals surface area contributed by atoms with Gasteiger partial charge >= 0.3 is 6.18 Å². The molecule has 0 atom stereocenters. The van der Waals surface area contributed by atoms with Crippen molar-refractivity contribution in [2.24, 2.45) is 0 Å². The van der Waals surface area contributed by atoms with E-state index in [1.807, 2.05) is 0 Å². The Labute approximate surface area is 84.0 Å². The molecule has 15 heavy (non-hydrogen) atoms. The van der Waals surface area contributed by atoms with Crippen molar-refractivity contribution in [3.05, 3.63) is 48.5 Å². The zero-order valence-corrected chi connectivity index (χ0v) is 7.57. The average Bonchev–Trinajstić information content (AvgIpc) is 2.67. The fraction of sp³-hybridized carbons (Fsp3) is 0.100. The Morgan fingerprint density at radius 1 is 1.07 bits per heavy atom. The summed E-state index contributed by atoms with van der Waals surface area (Å²) in [5, 5.41) is 0. The lowest BCUT2D eigenvalue weighted by molar-refractivity contribution is -0.142. The summed E-state index contributed by atoms with van der Waals surface area (Å²) in [4.78, 5) is 3.51. The third-order valence-corrected chi connectivity index (χ3v) is 1.96. The lowest BCUT2D eigenvalue weighted by atomic mass is 10.3. The van der Waals surface area contributed by atoms with Crippen molar-refractivity contribution in [1.82, 2.24) is 9.55 Å². The van der Waals surface area contributed by atoms with E-state index in [2.05, 4.69) is 4.98 Å². The second-order valence-electron chi connectivity index (χ2n) is 2.98. The molecule has 1 aromatic heterocycles. The minimum atomic E-state index is -4.38. The number of para-hydroxylation sites is 1. The van der Waals surface area contributed by atoms with Gasteiger partial charge in [-0.25, -0.2) is 4.98 Å². The minimum Gasteiger partial charge on any atom is -0.295 e. The van der Waals surface area contributed by atoms with Gasteiger partial charge in [-0.05, 0) is 12.1 Å². The normalized spacial score (nSPS) is 11.7. The molecule has 0 aliphatic carbocycles. The van der Waals surface area contributed by atoms with Crippen LogP contribution in [0.2, 0.25) is 0 Å². The summed E-state index contributed by atoms with van der Waals surface area (Å²) < 4.78 is 38.5. The van der Waals surface area contributed by atoms with Crippen LogP contribution in [0, 0.1) is 0 Å². The third kappa shape index (κ3) is 1.86. The maximum Gasteiger partial charge on any atom is 0.433 e. The van der Waals surface area contributed by atoms with Gasteiger partial charge in [-0.1, -0.05) is 18.2 Å². The number of benzene rings is 1. The number of rotatable bonds is 1. The van der Waals surface area contributed by atoms with Crippen LogP contribution in [-0.2, 0) is 6.18 Å². The number of nitrogens with zero attached hydrogens (tertiary/aromatic N) is 2. The number of imidazole rings is 1. The first-order valence-electron chi connectivity index (χ1n) is 4.24. The molecule has 0 N–H and O–H groups in total. The Balaban J connectivity index is 2.51. The van der Waals surface area contributed by atoms with Crippen LogP contribution in [0.5, 0.6) is 0 Å². The third-order valence-electron chi connectivity index (χ3n) is 1.96. The van der Waals surface area contributed by atoms with Crippen molar-refractivity contribution in [2.75, 3.05) is 0 Å². The fourth-order valence-electron chi connectivity index (χ4n) is 1.30. The van der Waals surface area contributed by atoms with Gasteiger partial charge in [-0.15, -0.1) is 0 Å². The lowest BCUT2D eigenvalue weighted by Crippen LogP contribution is -2.11. The van der Waals surface area contributed by atoms with Gasteiger partial charge in [0.2, 0.25) is 0 Å². The zero-order chi connectivity index (χ0) is 10.9. The Hall–Kier alpha value is -1.78. The van der Waals surface area contributed by atoms with Crippen molar-refractivity contribution < 1.29 is 13.2 Å². The van der Waals surface area contributed by atoms with Crippen molar-refractivity contribution in [1.29, 1.82) is 0 Å². The Morgan fingerprint density at radius 3 is 2.33 bits per heavy atom.